The van der Waals surface area contributed by atoms with Gasteiger partial charge in [-0.1, -0.05) is 6.42 Å². The van der Waals surface area contributed by atoms with Crippen molar-refractivity contribution in [2.75, 3.05) is 4.72 Å². The molecule has 7 nitrogen and oxygen atoms in total. The van der Waals surface area contributed by atoms with E-state index in [-0.39, 0.29) is 4.90 Å². The molecule has 0 saturated heterocycles. The Morgan fingerprint density at radius 3 is 2.62 bits per heavy atom. The van der Waals surface area contributed by atoms with Crippen LogP contribution in [0.4, 0.5) is 5.69 Å². The van der Waals surface area contributed by atoms with Crippen molar-refractivity contribution in [1.29, 1.82) is 0 Å². The number of benzene rings is 1. The second kappa shape index (κ2) is 5.41. The molecule has 1 aliphatic heterocycles. The maximum atomic E-state index is 12.4. The number of aryl methyl sites for hydroxylation is 1. The Bertz CT molecular complexity index is 869. The number of hydrogen-bond acceptors (Lipinski definition) is 5. The molecule has 1 aliphatic carbocycles. The number of aromatic nitrogens is 2. The van der Waals surface area contributed by atoms with Crippen LogP contribution >= 0.6 is 0 Å². The number of hydrogen-bond donors (Lipinski definition) is 1. The van der Waals surface area contributed by atoms with Gasteiger partial charge >= 0.3 is 0 Å². The molecule has 1 spiro atoms. The van der Waals surface area contributed by atoms with Crippen molar-refractivity contribution < 1.29 is 17.9 Å². The van der Waals surface area contributed by atoms with Crippen molar-refractivity contribution in [2.45, 2.75) is 42.8 Å². The lowest BCUT2D eigenvalue weighted by Gasteiger charge is -2.31. The van der Waals surface area contributed by atoms with E-state index in [9.17, 15) is 8.42 Å². The lowest BCUT2D eigenvalue weighted by molar-refractivity contribution is -0.105. The molecule has 8 heteroatoms. The zero-order chi connectivity index (χ0) is 16.8. The maximum Gasteiger partial charge on any atom is 0.265 e. The summed E-state index contributed by atoms with van der Waals surface area (Å²) in [7, 11) is -2.00. The summed E-state index contributed by atoms with van der Waals surface area (Å²) in [5.41, 5.74) is 0.439. The van der Waals surface area contributed by atoms with E-state index in [1.54, 1.807) is 25.2 Å². The molecule has 0 radical (unpaired) electrons. The fourth-order valence-corrected chi connectivity index (χ4v) is 4.24. The lowest BCUT2D eigenvalue weighted by atomic mass is 9.94. The van der Waals surface area contributed by atoms with E-state index < -0.39 is 15.8 Å². The van der Waals surface area contributed by atoms with Gasteiger partial charge < -0.3 is 9.47 Å². The second-order valence-electron chi connectivity index (χ2n) is 6.29. The van der Waals surface area contributed by atoms with E-state index in [1.807, 2.05) is 0 Å². The number of sulfonamides is 1. The minimum absolute atomic E-state index is 0.117. The number of nitrogens with zero attached hydrogens (tertiary/aromatic N) is 2. The first kappa shape index (κ1) is 15.3. The Hall–Kier alpha value is -2.22. The van der Waals surface area contributed by atoms with Gasteiger partial charge in [-0.2, -0.15) is 5.10 Å². The molecule has 0 unspecified atom stereocenters. The Morgan fingerprint density at radius 2 is 1.92 bits per heavy atom. The highest BCUT2D eigenvalue weighted by Gasteiger charge is 2.42. The topological polar surface area (TPSA) is 82.5 Å². The highest BCUT2D eigenvalue weighted by molar-refractivity contribution is 7.92. The molecular weight excluding hydrogens is 330 g/mol. The fraction of sp³-hybridized carbons (Fsp3) is 0.438. The quantitative estimate of drug-likeness (QED) is 0.921. The molecule has 2 heterocycles. The lowest BCUT2D eigenvalue weighted by Crippen LogP contribution is -2.40. The van der Waals surface area contributed by atoms with Crippen molar-refractivity contribution in [3.8, 4) is 11.5 Å². The Kier molecular flexibility index (Phi) is 3.45. The van der Waals surface area contributed by atoms with E-state index in [4.69, 9.17) is 9.47 Å². The molecule has 0 bridgehead atoms. The van der Waals surface area contributed by atoms with E-state index in [2.05, 4.69) is 9.82 Å². The van der Waals surface area contributed by atoms with Gasteiger partial charge in [0.15, 0.2) is 11.5 Å². The normalized spacial score (nSPS) is 18.7. The Labute approximate surface area is 140 Å². The highest BCUT2D eigenvalue weighted by atomic mass is 32.2. The van der Waals surface area contributed by atoms with Gasteiger partial charge in [-0.15, -0.1) is 0 Å². The molecule has 2 aliphatic rings. The summed E-state index contributed by atoms with van der Waals surface area (Å²) in [5, 5.41) is 3.89. The summed E-state index contributed by atoms with van der Waals surface area (Å²) in [6, 6.07) is 5.10. The predicted molar refractivity (Wildman–Crippen MR) is 87.5 cm³/mol. The smallest absolute Gasteiger partial charge is 0.265 e. The number of ether oxygens (including phenoxy) is 2. The number of anilines is 1. The van der Waals surface area contributed by atoms with Crippen molar-refractivity contribution in [2.24, 2.45) is 7.05 Å². The van der Waals surface area contributed by atoms with Gasteiger partial charge in [-0.05, 0) is 25.0 Å². The molecule has 0 amide bonds. The monoisotopic (exact) mass is 349 g/mol. The number of nitrogens with one attached hydrogen (secondary N) is 1. The van der Waals surface area contributed by atoms with Crippen LogP contribution in [-0.2, 0) is 17.1 Å². The summed E-state index contributed by atoms with van der Waals surface area (Å²) in [6.07, 6.45) is 7.83. The molecule has 4 rings (SSSR count). The molecule has 1 saturated carbocycles. The van der Waals surface area contributed by atoms with Gasteiger partial charge in [0.2, 0.25) is 0 Å². The fourth-order valence-electron chi connectivity index (χ4n) is 3.20. The van der Waals surface area contributed by atoms with Crippen molar-refractivity contribution >= 4 is 15.7 Å². The zero-order valence-corrected chi connectivity index (χ0v) is 14.2. The molecule has 1 fully saturated rings. The van der Waals surface area contributed by atoms with Crippen LogP contribution in [0.5, 0.6) is 11.5 Å². The minimum atomic E-state index is -3.67. The average Bonchev–Trinajstić information content (AvgIpc) is 3.11. The second-order valence-corrected chi connectivity index (χ2v) is 7.97. The highest BCUT2D eigenvalue weighted by Crippen LogP contribution is 2.46. The molecular formula is C16H19N3O4S. The summed E-state index contributed by atoms with van der Waals surface area (Å²) in [4.78, 5) is 0.117. The van der Waals surface area contributed by atoms with E-state index in [0.29, 0.717) is 17.2 Å². The molecule has 24 heavy (non-hydrogen) atoms. The Morgan fingerprint density at radius 1 is 1.17 bits per heavy atom. The van der Waals surface area contributed by atoms with Crippen LogP contribution in [0.1, 0.15) is 32.1 Å². The minimum Gasteiger partial charge on any atom is -0.448 e. The molecule has 0 atom stereocenters. The van der Waals surface area contributed by atoms with Crippen LogP contribution in [0.25, 0.3) is 0 Å². The molecule has 1 aromatic heterocycles. The predicted octanol–water partition coefficient (Wildman–Crippen LogP) is 2.65. The van der Waals surface area contributed by atoms with Crippen LogP contribution in [0.3, 0.4) is 0 Å². The van der Waals surface area contributed by atoms with Crippen LogP contribution in [-0.4, -0.2) is 24.0 Å². The SMILES string of the molecule is Cn1cc(S(=O)(=O)Nc2ccc3c(c2)OC2(CCCCC2)O3)cn1. The summed E-state index contributed by atoms with van der Waals surface area (Å²) in [5.74, 6) is 0.686. The van der Waals surface area contributed by atoms with Crippen LogP contribution < -0.4 is 14.2 Å². The standard InChI is InChI=1S/C16H19N3O4S/c1-19-11-13(10-17-19)24(20,21)18-12-5-6-14-15(9-12)23-16(22-14)7-3-2-4-8-16/h5-6,9-11,18H,2-4,7-8H2,1H3. The van der Waals surface area contributed by atoms with E-state index in [1.165, 1.54) is 23.5 Å². The van der Waals surface area contributed by atoms with Gasteiger partial charge in [0, 0.05) is 32.2 Å². The van der Waals surface area contributed by atoms with Gasteiger partial charge in [0.1, 0.15) is 4.90 Å². The van der Waals surface area contributed by atoms with E-state index in [0.717, 1.165) is 25.7 Å². The first-order chi connectivity index (χ1) is 11.5. The van der Waals surface area contributed by atoms with E-state index >= 15 is 0 Å². The molecule has 1 aromatic carbocycles. The first-order valence-electron chi connectivity index (χ1n) is 7.99. The summed E-state index contributed by atoms with van der Waals surface area (Å²) >= 11 is 0. The van der Waals surface area contributed by atoms with Crippen LogP contribution in [0.2, 0.25) is 0 Å². The van der Waals surface area contributed by atoms with Crippen LogP contribution in [0.15, 0.2) is 35.5 Å². The number of rotatable bonds is 3. The van der Waals surface area contributed by atoms with Gasteiger partial charge in [0.05, 0.1) is 11.9 Å². The van der Waals surface area contributed by atoms with Crippen molar-refractivity contribution in [3.63, 3.8) is 0 Å². The molecule has 128 valence electrons. The van der Waals surface area contributed by atoms with Crippen molar-refractivity contribution in [1.82, 2.24) is 9.78 Å². The summed E-state index contributed by atoms with van der Waals surface area (Å²) in [6.45, 7) is 0. The zero-order valence-electron chi connectivity index (χ0n) is 13.4. The third kappa shape index (κ3) is 2.71. The third-order valence-corrected chi connectivity index (χ3v) is 5.73. The van der Waals surface area contributed by atoms with Crippen molar-refractivity contribution in [3.05, 3.63) is 30.6 Å². The summed E-state index contributed by atoms with van der Waals surface area (Å²) < 4.78 is 40.8. The third-order valence-electron chi connectivity index (χ3n) is 4.39. The van der Waals surface area contributed by atoms with Crippen LogP contribution in [0, 0.1) is 0 Å². The first-order valence-corrected chi connectivity index (χ1v) is 9.48. The maximum absolute atomic E-state index is 12.4. The molecule has 2 aromatic rings. The van der Waals surface area contributed by atoms with Gasteiger partial charge in [0.25, 0.3) is 15.8 Å². The van der Waals surface area contributed by atoms with Gasteiger partial charge in [-0.3, -0.25) is 9.40 Å². The average molecular weight is 349 g/mol. The van der Waals surface area contributed by atoms with Gasteiger partial charge in [-0.25, -0.2) is 8.42 Å². The molecule has 1 N–H and O–H groups in total. The Balaban J connectivity index is 1.56. The number of fused-ring (bicyclic) bond motifs is 1. The largest absolute Gasteiger partial charge is 0.448 e.